The van der Waals surface area contributed by atoms with E-state index >= 15 is 0 Å². The van der Waals surface area contributed by atoms with Crippen LogP contribution in [0.4, 0.5) is 0 Å². The molecule has 0 bridgehead atoms. The summed E-state index contributed by atoms with van der Waals surface area (Å²) in [6, 6.07) is 11.1. The summed E-state index contributed by atoms with van der Waals surface area (Å²) in [5.74, 6) is 2.64. The minimum absolute atomic E-state index is 0.0107. The molecular formula is C23H24O6. The Hall–Kier alpha value is -3.02. The third kappa shape index (κ3) is 4.88. The fourth-order valence-electron chi connectivity index (χ4n) is 3.54. The standard InChI is InChI=1S/C23H24O6/c24-18(13-19(25)17-8-10-21-23(12-17)29-15-27-21)6-4-2-1-3-5-16-7-9-20-22(11-16)28-14-26-20/h7-12H,1-6,13-15H2. The minimum atomic E-state index is -0.170. The van der Waals surface area contributed by atoms with Crippen LogP contribution in [-0.2, 0) is 11.2 Å². The van der Waals surface area contributed by atoms with E-state index in [0.29, 0.717) is 30.3 Å². The molecule has 29 heavy (non-hydrogen) atoms. The van der Waals surface area contributed by atoms with Crippen LogP contribution in [0.5, 0.6) is 23.0 Å². The highest BCUT2D eigenvalue weighted by Gasteiger charge is 2.18. The van der Waals surface area contributed by atoms with E-state index in [0.717, 1.165) is 43.6 Å². The Balaban J connectivity index is 1.12. The van der Waals surface area contributed by atoms with E-state index in [1.54, 1.807) is 18.2 Å². The van der Waals surface area contributed by atoms with Gasteiger partial charge >= 0.3 is 0 Å². The van der Waals surface area contributed by atoms with Crippen LogP contribution < -0.4 is 18.9 Å². The molecule has 0 N–H and O–H groups in total. The molecule has 2 aliphatic rings. The Kier molecular flexibility index (Phi) is 5.98. The predicted molar refractivity (Wildman–Crippen MR) is 106 cm³/mol. The lowest BCUT2D eigenvalue weighted by atomic mass is 10.0. The van der Waals surface area contributed by atoms with Crippen molar-refractivity contribution in [3.63, 3.8) is 0 Å². The van der Waals surface area contributed by atoms with Crippen molar-refractivity contribution in [3.8, 4) is 23.0 Å². The first-order valence-corrected chi connectivity index (χ1v) is 10.0. The second kappa shape index (κ2) is 8.99. The Morgan fingerprint density at radius 3 is 2.17 bits per heavy atom. The fourth-order valence-corrected chi connectivity index (χ4v) is 3.54. The predicted octanol–water partition coefficient (Wildman–Crippen LogP) is 4.48. The van der Waals surface area contributed by atoms with Gasteiger partial charge in [0.2, 0.25) is 13.6 Å². The Bertz CT molecular complexity index is 904. The maximum Gasteiger partial charge on any atom is 0.231 e. The number of fused-ring (bicyclic) bond motifs is 2. The van der Waals surface area contributed by atoms with Gasteiger partial charge in [-0.05, 0) is 55.2 Å². The first-order chi connectivity index (χ1) is 14.2. The summed E-state index contributed by atoms with van der Waals surface area (Å²) in [7, 11) is 0. The summed E-state index contributed by atoms with van der Waals surface area (Å²) in [6.45, 7) is 0.463. The molecule has 0 fully saturated rings. The molecule has 0 spiro atoms. The maximum absolute atomic E-state index is 12.3. The zero-order chi connectivity index (χ0) is 20.1. The number of ether oxygens (including phenoxy) is 4. The normalized spacial score (nSPS) is 13.5. The number of aryl methyl sites for hydroxylation is 1. The van der Waals surface area contributed by atoms with E-state index < -0.39 is 0 Å². The zero-order valence-corrected chi connectivity index (χ0v) is 16.3. The van der Waals surface area contributed by atoms with Gasteiger partial charge in [-0.25, -0.2) is 0 Å². The number of benzene rings is 2. The molecule has 2 heterocycles. The molecule has 0 unspecified atom stereocenters. The molecule has 2 aliphatic heterocycles. The minimum Gasteiger partial charge on any atom is -0.454 e. The number of ketones is 2. The van der Waals surface area contributed by atoms with Gasteiger partial charge in [-0.15, -0.1) is 0 Å². The van der Waals surface area contributed by atoms with Crippen molar-refractivity contribution in [3.05, 3.63) is 47.5 Å². The van der Waals surface area contributed by atoms with Crippen LogP contribution in [0.2, 0.25) is 0 Å². The molecule has 0 amide bonds. The summed E-state index contributed by atoms with van der Waals surface area (Å²) in [4.78, 5) is 24.4. The van der Waals surface area contributed by atoms with Crippen molar-refractivity contribution in [2.75, 3.05) is 13.6 Å². The van der Waals surface area contributed by atoms with Crippen molar-refractivity contribution in [1.82, 2.24) is 0 Å². The summed E-state index contributed by atoms with van der Waals surface area (Å²) >= 11 is 0. The number of rotatable bonds is 10. The topological polar surface area (TPSA) is 71.1 Å². The van der Waals surface area contributed by atoms with Crippen LogP contribution in [0.3, 0.4) is 0 Å². The van der Waals surface area contributed by atoms with Gasteiger partial charge < -0.3 is 18.9 Å². The smallest absolute Gasteiger partial charge is 0.231 e. The molecule has 0 aliphatic carbocycles. The lowest BCUT2D eigenvalue weighted by molar-refractivity contribution is -0.118. The molecule has 0 radical (unpaired) electrons. The Morgan fingerprint density at radius 2 is 1.38 bits per heavy atom. The van der Waals surface area contributed by atoms with Crippen molar-refractivity contribution in [2.24, 2.45) is 0 Å². The van der Waals surface area contributed by atoms with Crippen LogP contribution in [0.1, 0.15) is 54.4 Å². The van der Waals surface area contributed by atoms with Gasteiger partial charge in [0.25, 0.3) is 0 Å². The monoisotopic (exact) mass is 396 g/mol. The zero-order valence-electron chi connectivity index (χ0n) is 16.3. The number of hydrogen-bond donors (Lipinski definition) is 0. The van der Waals surface area contributed by atoms with Crippen molar-refractivity contribution in [1.29, 1.82) is 0 Å². The molecule has 6 nitrogen and oxygen atoms in total. The highest BCUT2D eigenvalue weighted by Crippen LogP contribution is 2.33. The molecule has 0 saturated carbocycles. The lowest BCUT2D eigenvalue weighted by Gasteiger charge is -2.04. The van der Waals surface area contributed by atoms with E-state index in [-0.39, 0.29) is 24.8 Å². The number of unbranched alkanes of at least 4 members (excludes halogenated alkanes) is 3. The summed E-state index contributed by atoms with van der Waals surface area (Å²) in [5, 5.41) is 0. The molecule has 6 heteroatoms. The van der Waals surface area contributed by atoms with Crippen LogP contribution in [-0.4, -0.2) is 25.2 Å². The molecule has 152 valence electrons. The maximum atomic E-state index is 12.3. The van der Waals surface area contributed by atoms with Crippen molar-refractivity contribution < 1.29 is 28.5 Å². The van der Waals surface area contributed by atoms with Gasteiger partial charge in [0.15, 0.2) is 28.8 Å². The van der Waals surface area contributed by atoms with Gasteiger partial charge in [-0.1, -0.05) is 18.9 Å². The molecule has 2 aromatic rings. The highest BCUT2D eigenvalue weighted by atomic mass is 16.7. The number of Topliss-reactive ketones (excluding diaryl/α,β-unsaturated/α-hetero) is 2. The van der Waals surface area contributed by atoms with Crippen LogP contribution in [0, 0.1) is 0 Å². The highest BCUT2D eigenvalue weighted by molar-refractivity contribution is 6.08. The summed E-state index contributed by atoms with van der Waals surface area (Å²) in [5.41, 5.74) is 1.73. The van der Waals surface area contributed by atoms with Crippen LogP contribution in [0.15, 0.2) is 36.4 Å². The van der Waals surface area contributed by atoms with Gasteiger partial charge in [-0.2, -0.15) is 0 Å². The van der Waals surface area contributed by atoms with Crippen molar-refractivity contribution >= 4 is 11.6 Å². The van der Waals surface area contributed by atoms with Gasteiger partial charge in [0, 0.05) is 12.0 Å². The van der Waals surface area contributed by atoms with E-state index in [9.17, 15) is 9.59 Å². The van der Waals surface area contributed by atoms with Gasteiger partial charge in [0.05, 0.1) is 6.42 Å². The van der Waals surface area contributed by atoms with Gasteiger partial charge in [0.1, 0.15) is 5.78 Å². The van der Waals surface area contributed by atoms with Crippen LogP contribution >= 0.6 is 0 Å². The fraction of sp³-hybridized carbons (Fsp3) is 0.391. The van der Waals surface area contributed by atoms with Gasteiger partial charge in [-0.3, -0.25) is 9.59 Å². The molecule has 0 aromatic heterocycles. The molecule has 0 saturated heterocycles. The second-order valence-electron chi connectivity index (χ2n) is 7.31. The second-order valence-corrected chi connectivity index (χ2v) is 7.31. The van der Waals surface area contributed by atoms with Crippen LogP contribution in [0.25, 0.3) is 0 Å². The first-order valence-electron chi connectivity index (χ1n) is 10.0. The van der Waals surface area contributed by atoms with E-state index in [1.165, 1.54) is 5.56 Å². The van der Waals surface area contributed by atoms with E-state index in [4.69, 9.17) is 18.9 Å². The Labute approximate surface area is 169 Å². The lowest BCUT2D eigenvalue weighted by Crippen LogP contribution is -2.08. The summed E-state index contributed by atoms with van der Waals surface area (Å²) in [6.07, 6.45) is 5.27. The number of carbonyl (C=O) groups excluding carboxylic acids is 2. The quantitative estimate of drug-likeness (QED) is 0.335. The molecule has 0 atom stereocenters. The SMILES string of the molecule is O=C(CCCCCCc1ccc2c(c1)OCO2)CC(=O)c1ccc2c(c1)OCO2. The largest absolute Gasteiger partial charge is 0.454 e. The molecular weight excluding hydrogens is 372 g/mol. The van der Waals surface area contributed by atoms with Crippen molar-refractivity contribution in [2.45, 2.75) is 44.9 Å². The van der Waals surface area contributed by atoms with E-state index in [2.05, 4.69) is 6.07 Å². The first kappa shape index (κ1) is 19.3. The summed E-state index contributed by atoms with van der Waals surface area (Å²) < 4.78 is 21.2. The molecule has 2 aromatic carbocycles. The third-order valence-electron chi connectivity index (χ3n) is 5.16. The Morgan fingerprint density at radius 1 is 0.724 bits per heavy atom. The number of hydrogen-bond acceptors (Lipinski definition) is 6. The number of carbonyl (C=O) groups is 2. The average molecular weight is 396 g/mol. The van der Waals surface area contributed by atoms with E-state index in [1.807, 2.05) is 12.1 Å². The molecule has 4 rings (SSSR count). The average Bonchev–Trinajstić information content (AvgIpc) is 3.38. The third-order valence-corrected chi connectivity index (χ3v) is 5.16.